The largest absolute Gasteiger partial charge is 0.480 e. The van der Waals surface area contributed by atoms with Gasteiger partial charge >= 0.3 is 0 Å². The maximum Gasteiger partial charge on any atom is 0.276 e. The summed E-state index contributed by atoms with van der Waals surface area (Å²) >= 11 is 11.7. The first-order valence-electron chi connectivity index (χ1n) is 5.24. The number of anilines is 1. The van der Waals surface area contributed by atoms with Crippen molar-refractivity contribution in [3.63, 3.8) is 0 Å². The number of halogens is 2. The van der Waals surface area contributed by atoms with Crippen LogP contribution in [0.2, 0.25) is 10.0 Å². The third-order valence-electron chi connectivity index (χ3n) is 2.26. The molecule has 1 heterocycles. The first-order chi connectivity index (χ1) is 9.10. The number of nitrogens with zero attached hydrogens (tertiary/aromatic N) is 2. The first-order valence-corrected chi connectivity index (χ1v) is 6.00. The van der Waals surface area contributed by atoms with Crippen molar-refractivity contribution in [3.05, 3.63) is 46.1 Å². The van der Waals surface area contributed by atoms with Crippen LogP contribution in [-0.4, -0.2) is 23.2 Å². The summed E-state index contributed by atoms with van der Waals surface area (Å²) in [5.41, 5.74) is 0.612. The molecule has 0 spiro atoms. The molecule has 0 fully saturated rings. The number of ether oxygens (including phenoxy) is 1. The van der Waals surface area contributed by atoms with Gasteiger partial charge in [0.1, 0.15) is 0 Å². The predicted molar refractivity (Wildman–Crippen MR) is 73.0 cm³/mol. The van der Waals surface area contributed by atoms with Gasteiger partial charge in [0, 0.05) is 11.1 Å². The second-order valence-corrected chi connectivity index (χ2v) is 4.38. The number of aromatic nitrogens is 2. The van der Waals surface area contributed by atoms with Gasteiger partial charge in [0.15, 0.2) is 5.69 Å². The molecule has 0 saturated heterocycles. The molecular weight excluding hydrogens is 289 g/mol. The molecule has 0 atom stereocenters. The molecular formula is C12H9Cl2N3O2. The van der Waals surface area contributed by atoms with Crippen LogP contribution in [-0.2, 0) is 0 Å². The lowest BCUT2D eigenvalue weighted by molar-refractivity contribution is 0.102. The normalized spacial score (nSPS) is 10.1. The zero-order chi connectivity index (χ0) is 13.8. The van der Waals surface area contributed by atoms with Crippen LogP contribution < -0.4 is 10.1 Å². The van der Waals surface area contributed by atoms with Gasteiger partial charge in [-0.25, -0.2) is 0 Å². The van der Waals surface area contributed by atoms with Crippen molar-refractivity contribution in [1.29, 1.82) is 0 Å². The summed E-state index contributed by atoms with van der Waals surface area (Å²) in [6.45, 7) is 0. The highest BCUT2D eigenvalue weighted by Crippen LogP contribution is 2.25. The number of amides is 1. The van der Waals surface area contributed by atoms with Crippen molar-refractivity contribution in [1.82, 2.24) is 10.2 Å². The van der Waals surface area contributed by atoms with E-state index in [-0.39, 0.29) is 5.69 Å². The van der Waals surface area contributed by atoms with Crippen molar-refractivity contribution < 1.29 is 9.53 Å². The van der Waals surface area contributed by atoms with Crippen LogP contribution in [0.1, 0.15) is 10.5 Å². The molecule has 0 saturated carbocycles. The Morgan fingerprint density at radius 2 is 2.00 bits per heavy atom. The summed E-state index contributed by atoms with van der Waals surface area (Å²) in [6.07, 6.45) is 0. The third-order valence-corrected chi connectivity index (χ3v) is 2.81. The van der Waals surface area contributed by atoms with Crippen molar-refractivity contribution in [3.8, 4) is 5.88 Å². The lowest BCUT2D eigenvalue weighted by Gasteiger charge is -2.06. The quantitative estimate of drug-likeness (QED) is 0.946. The molecule has 0 aliphatic carbocycles. The maximum atomic E-state index is 11.9. The molecule has 1 aromatic carbocycles. The zero-order valence-electron chi connectivity index (χ0n) is 9.85. The van der Waals surface area contributed by atoms with Crippen LogP contribution in [0.4, 0.5) is 5.69 Å². The minimum atomic E-state index is -0.417. The van der Waals surface area contributed by atoms with E-state index < -0.39 is 5.91 Å². The molecule has 1 N–H and O–H groups in total. The molecule has 0 unspecified atom stereocenters. The number of carbonyl (C=O) groups excluding carboxylic acids is 1. The molecule has 7 heteroatoms. The van der Waals surface area contributed by atoms with Crippen molar-refractivity contribution in [2.75, 3.05) is 12.4 Å². The van der Waals surface area contributed by atoms with E-state index in [2.05, 4.69) is 15.5 Å². The molecule has 0 bridgehead atoms. The summed E-state index contributed by atoms with van der Waals surface area (Å²) in [6, 6.07) is 7.83. The van der Waals surface area contributed by atoms with Gasteiger partial charge in [-0.05, 0) is 24.3 Å². The first kappa shape index (κ1) is 13.6. The molecule has 0 radical (unpaired) electrons. The summed E-state index contributed by atoms with van der Waals surface area (Å²) < 4.78 is 4.86. The van der Waals surface area contributed by atoms with Gasteiger partial charge in [0.05, 0.1) is 17.8 Å². The highest BCUT2D eigenvalue weighted by molar-refractivity contribution is 6.36. The Labute approximate surface area is 119 Å². The Morgan fingerprint density at radius 1 is 1.21 bits per heavy atom. The van der Waals surface area contributed by atoms with Gasteiger partial charge in [0.25, 0.3) is 5.91 Å². The van der Waals surface area contributed by atoms with Gasteiger partial charge in [-0.15, -0.1) is 10.2 Å². The average Bonchev–Trinajstić information content (AvgIpc) is 2.42. The Bertz CT molecular complexity index is 602. The maximum absolute atomic E-state index is 11.9. The van der Waals surface area contributed by atoms with Gasteiger partial charge in [0.2, 0.25) is 5.88 Å². The van der Waals surface area contributed by atoms with Crippen molar-refractivity contribution in [2.24, 2.45) is 0 Å². The number of hydrogen-bond acceptors (Lipinski definition) is 4. The number of carbonyl (C=O) groups is 1. The molecule has 0 aliphatic heterocycles. The fourth-order valence-electron chi connectivity index (χ4n) is 1.33. The molecule has 2 aromatic rings. The topological polar surface area (TPSA) is 64.1 Å². The highest BCUT2D eigenvalue weighted by Gasteiger charge is 2.11. The number of rotatable bonds is 3. The van der Waals surface area contributed by atoms with Gasteiger partial charge in [-0.2, -0.15) is 0 Å². The minimum Gasteiger partial charge on any atom is -0.480 e. The van der Waals surface area contributed by atoms with E-state index in [0.717, 1.165) is 0 Å². The van der Waals surface area contributed by atoms with E-state index in [9.17, 15) is 4.79 Å². The van der Waals surface area contributed by atoms with Gasteiger partial charge < -0.3 is 10.1 Å². The van der Waals surface area contributed by atoms with Crippen LogP contribution in [0.5, 0.6) is 5.88 Å². The number of nitrogens with one attached hydrogen (secondary N) is 1. The van der Waals surface area contributed by atoms with E-state index in [1.807, 2.05) is 0 Å². The molecule has 2 rings (SSSR count). The van der Waals surface area contributed by atoms with Crippen LogP contribution in [0.15, 0.2) is 30.3 Å². The van der Waals surface area contributed by atoms with Crippen LogP contribution in [0.3, 0.4) is 0 Å². The molecule has 98 valence electrons. The van der Waals surface area contributed by atoms with Crippen molar-refractivity contribution in [2.45, 2.75) is 0 Å². The highest BCUT2D eigenvalue weighted by atomic mass is 35.5. The summed E-state index contributed by atoms with van der Waals surface area (Å²) in [7, 11) is 1.47. The van der Waals surface area contributed by atoms with Gasteiger partial charge in [-0.1, -0.05) is 23.2 Å². The molecule has 19 heavy (non-hydrogen) atoms. The van der Waals surface area contributed by atoms with Crippen LogP contribution in [0.25, 0.3) is 0 Å². The predicted octanol–water partition coefficient (Wildman–Crippen LogP) is 3.04. The van der Waals surface area contributed by atoms with Crippen LogP contribution in [0, 0.1) is 0 Å². The summed E-state index contributed by atoms with van der Waals surface area (Å²) in [5.74, 6) is -0.0829. The fourth-order valence-corrected chi connectivity index (χ4v) is 1.78. The van der Waals surface area contributed by atoms with E-state index in [1.54, 1.807) is 24.3 Å². The van der Waals surface area contributed by atoms with E-state index in [4.69, 9.17) is 27.9 Å². The number of methoxy groups -OCH3 is 1. The van der Waals surface area contributed by atoms with E-state index in [0.29, 0.717) is 21.6 Å². The second-order valence-electron chi connectivity index (χ2n) is 3.54. The van der Waals surface area contributed by atoms with E-state index >= 15 is 0 Å². The van der Waals surface area contributed by atoms with Gasteiger partial charge in [-0.3, -0.25) is 4.79 Å². The molecule has 1 amide bonds. The molecule has 0 aliphatic rings. The second kappa shape index (κ2) is 5.86. The smallest absolute Gasteiger partial charge is 0.276 e. The Balaban J connectivity index is 2.15. The average molecular weight is 298 g/mol. The molecule has 1 aromatic heterocycles. The van der Waals surface area contributed by atoms with Crippen LogP contribution >= 0.6 is 23.2 Å². The SMILES string of the molecule is COc1ccc(C(=O)Nc2ccc(Cl)cc2Cl)nn1. The standard InChI is InChI=1S/C12H9Cl2N3O2/c1-19-11-5-4-10(16-17-11)12(18)15-9-3-2-7(13)6-8(9)14/h2-6H,1H3,(H,15,18). The third kappa shape index (κ3) is 3.33. The summed E-state index contributed by atoms with van der Waals surface area (Å²) in [5, 5.41) is 10.9. The Morgan fingerprint density at radius 3 is 2.58 bits per heavy atom. The summed E-state index contributed by atoms with van der Waals surface area (Å²) in [4.78, 5) is 11.9. The molecule has 5 nitrogen and oxygen atoms in total. The minimum absolute atomic E-state index is 0.159. The Hall–Kier alpha value is -1.85. The number of benzene rings is 1. The van der Waals surface area contributed by atoms with E-state index in [1.165, 1.54) is 13.2 Å². The Kier molecular flexibility index (Phi) is 4.19. The monoisotopic (exact) mass is 297 g/mol. The van der Waals surface area contributed by atoms with Crippen molar-refractivity contribution >= 4 is 34.8 Å². The fraction of sp³-hybridized carbons (Fsp3) is 0.0833. The lowest BCUT2D eigenvalue weighted by Crippen LogP contribution is -2.14. The number of hydrogen-bond donors (Lipinski definition) is 1. The zero-order valence-corrected chi connectivity index (χ0v) is 11.4. The lowest BCUT2D eigenvalue weighted by atomic mass is 10.3.